The van der Waals surface area contributed by atoms with Crippen LogP contribution in [0.3, 0.4) is 0 Å². The summed E-state index contributed by atoms with van der Waals surface area (Å²) >= 11 is 0. The minimum Gasteiger partial charge on any atom is -0.383 e. The van der Waals surface area contributed by atoms with Crippen LogP contribution in [-0.2, 0) is 9.53 Å². The van der Waals surface area contributed by atoms with E-state index in [-0.39, 0.29) is 16.7 Å². The number of piperidine rings is 1. The highest BCUT2D eigenvalue weighted by Crippen LogP contribution is 2.57. The van der Waals surface area contributed by atoms with Crippen LogP contribution in [-0.4, -0.2) is 91.0 Å². The van der Waals surface area contributed by atoms with Gasteiger partial charge >= 0.3 is 0 Å². The molecule has 0 aliphatic carbocycles. The number of carbonyl (C=O) groups excluding carboxylic acids is 2. The van der Waals surface area contributed by atoms with Crippen LogP contribution in [0, 0.1) is 10.8 Å². The lowest BCUT2D eigenvalue weighted by Gasteiger charge is -2.47. The monoisotopic (exact) mass is 400 g/mol. The first-order chi connectivity index (χ1) is 14.0. The molecule has 4 heterocycles. The van der Waals surface area contributed by atoms with E-state index in [1.807, 2.05) is 9.80 Å². The molecule has 1 unspecified atom stereocenters. The second-order valence-electron chi connectivity index (χ2n) is 8.73. The summed E-state index contributed by atoms with van der Waals surface area (Å²) in [6.45, 7) is 8.42. The van der Waals surface area contributed by atoms with Gasteiger partial charge in [-0.05, 0) is 38.3 Å². The normalized spacial score (nSPS) is 26.8. The van der Waals surface area contributed by atoms with Gasteiger partial charge in [0, 0.05) is 76.3 Å². The smallest absolute Gasteiger partial charge is 0.253 e. The number of ether oxygens (including phenoxy) is 1. The Morgan fingerprint density at radius 2 is 1.86 bits per heavy atom. The van der Waals surface area contributed by atoms with Gasteiger partial charge < -0.3 is 14.5 Å². The summed E-state index contributed by atoms with van der Waals surface area (Å²) in [5, 5.41) is 0. The number of hydrogen-bond donors (Lipinski definition) is 0. The van der Waals surface area contributed by atoms with E-state index in [0.717, 1.165) is 52.0 Å². The summed E-state index contributed by atoms with van der Waals surface area (Å²) in [6, 6.07) is 3.55. The summed E-state index contributed by atoms with van der Waals surface area (Å²) in [5.74, 6) is 0.396. The topological polar surface area (TPSA) is 66.0 Å². The van der Waals surface area contributed by atoms with Crippen LogP contribution in [0.15, 0.2) is 24.5 Å². The first-order valence-corrected chi connectivity index (χ1v) is 10.8. The number of methoxy groups -OCH3 is 1. The van der Waals surface area contributed by atoms with Crippen LogP contribution in [0.2, 0.25) is 0 Å². The molecule has 29 heavy (non-hydrogen) atoms. The maximum atomic E-state index is 13.5. The third-order valence-corrected chi connectivity index (χ3v) is 7.47. The molecule has 158 valence electrons. The van der Waals surface area contributed by atoms with Crippen molar-refractivity contribution in [1.82, 2.24) is 19.7 Å². The SMILES string of the molecule is CCN1CCC2(CN(CCOC)CC23CCN(C(=O)c2ccncc2)CC3)C1=O. The quantitative estimate of drug-likeness (QED) is 0.750. The van der Waals surface area contributed by atoms with Crippen molar-refractivity contribution in [2.24, 2.45) is 10.8 Å². The van der Waals surface area contributed by atoms with Crippen LogP contribution in [0.25, 0.3) is 0 Å². The Labute approximate surface area is 173 Å². The molecule has 3 aliphatic rings. The van der Waals surface area contributed by atoms with E-state index in [1.165, 1.54) is 0 Å². The summed E-state index contributed by atoms with van der Waals surface area (Å²) in [5.41, 5.74) is 0.340. The van der Waals surface area contributed by atoms with E-state index in [1.54, 1.807) is 31.6 Å². The van der Waals surface area contributed by atoms with Crippen molar-refractivity contribution in [3.8, 4) is 0 Å². The van der Waals surface area contributed by atoms with Gasteiger partial charge in [-0.25, -0.2) is 0 Å². The van der Waals surface area contributed by atoms with E-state index < -0.39 is 0 Å². The molecule has 1 atom stereocenters. The van der Waals surface area contributed by atoms with Crippen LogP contribution < -0.4 is 0 Å². The molecule has 0 saturated carbocycles. The van der Waals surface area contributed by atoms with Crippen molar-refractivity contribution < 1.29 is 14.3 Å². The Hall–Kier alpha value is -1.99. The maximum absolute atomic E-state index is 13.5. The number of aromatic nitrogens is 1. The number of carbonyl (C=O) groups is 2. The summed E-state index contributed by atoms with van der Waals surface area (Å²) in [6.07, 6.45) is 6.03. The van der Waals surface area contributed by atoms with Gasteiger partial charge in [0.15, 0.2) is 0 Å². The predicted molar refractivity (Wildman–Crippen MR) is 109 cm³/mol. The third-order valence-electron chi connectivity index (χ3n) is 7.47. The average molecular weight is 401 g/mol. The highest BCUT2D eigenvalue weighted by molar-refractivity contribution is 5.94. The van der Waals surface area contributed by atoms with Crippen molar-refractivity contribution in [2.45, 2.75) is 26.2 Å². The Bertz CT molecular complexity index is 748. The van der Waals surface area contributed by atoms with E-state index in [4.69, 9.17) is 4.74 Å². The fraction of sp³-hybridized carbons (Fsp3) is 0.682. The zero-order chi connectivity index (χ0) is 20.5. The van der Waals surface area contributed by atoms with Crippen molar-refractivity contribution >= 4 is 11.8 Å². The molecular weight excluding hydrogens is 368 g/mol. The first kappa shape index (κ1) is 20.3. The lowest BCUT2D eigenvalue weighted by atomic mass is 9.60. The summed E-state index contributed by atoms with van der Waals surface area (Å²) < 4.78 is 5.30. The molecule has 0 N–H and O–H groups in total. The first-order valence-electron chi connectivity index (χ1n) is 10.8. The van der Waals surface area contributed by atoms with Gasteiger partial charge in [-0.1, -0.05) is 0 Å². The lowest BCUT2D eigenvalue weighted by molar-refractivity contribution is -0.141. The maximum Gasteiger partial charge on any atom is 0.253 e. The van der Waals surface area contributed by atoms with Crippen molar-refractivity contribution in [3.63, 3.8) is 0 Å². The second kappa shape index (κ2) is 8.03. The zero-order valence-corrected chi connectivity index (χ0v) is 17.6. The molecule has 3 saturated heterocycles. The number of hydrogen-bond acceptors (Lipinski definition) is 5. The second-order valence-corrected chi connectivity index (χ2v) is 8.73. The molecule has 0 aromatic carbocycles. The molecular formula is C22H32N4O3. The minimum atomic E-state index is -0.303. The molecule has 2 spiro atoms. The molecule has 4 rings (SSSR count). The molecule has 1 aromatic heterocycles. The highest BCUT2D eigenvalue weighted by atomic mass is 16.5. The van der Waals surface area contributed by atoms with Crippen molar-refractivity contribution in [1.29, 1.82) is 0 Å². The fourth-order valence-electron chi connectivity index (χ4n) is 5.79. The minimum absolute atomic E-state index is 0.0449. The molecule has 2 amide bonds. The van der Waals surface area contributed by atoms with Crippen LogP contribution in [0.1, 0.15) is 36.5 Å². The van der Waals surface area contributed by atoms with Crippen LogP contribution in [0.5, 0.6) is 0 Å². The number of rotatable bonds is 5. The van der Waals surface area contributed by atoms with Crippen LogP contribution >= 0.6 is 0 Å². The third kappa shape index (κ3) is 3.34. The predicted octanol–water partition coefficient (Wildman–Crippen LogP) is 1.50. The molecule has 0 radical (unpaired) electrons. The number of amides is 2. The molecule has 3 fully saturated rings. The van der Waals surface area contributed by atoms with Gasteiger partial charge in [-0.2, -0.15) is 0 Å². The van der Waals surface area contributed by atoms with E-state index in [9.17, 15) is 9.59 Å². The van der Waals surface area contributed by atoms with E-state index in [0.29, 0.717) is 31.2 Å². The number of pyridine rings is 1. The van der Waals surface area contributed by atoms with E-state index in [2.05, 4.69) is 16.8 Å². The number of fused-ring (bicyclic) bond motifs is 1. The molecule has 7 heteroatoms. The van der Waals surface area contributed by atoms with E-state index >= 15 is 0 Å². The average Bonchev–Trinajstić information content (AvgIpc) is 3.25. The number of likely N-dealkylation sites (tertiary alicyclic amines) is 3. The standard InChI is InChI=1S/C22H32N4O3/c1-3-25-13-8-22(20(25)28)17-24(14-15-29-2)16-21(22)6-11-26(12-7-21)19(27)18-4-9-23-10-5-18/h4-5,9-10H,3,6-8,11-17H2,1-2H3. The van der Waals surface area contributed by atoms with Gasteiger partial charge in [0.05, 0.1) is 12.0 Å². The Balaban J connectivity index is 1.54. The number of nitrogens with zero attached hydrogens (tertiary/aromatic N) is 4. The zero-order valence-electron chi connectivity index (χ0n) is 17.6. The molecule has 7 nitrogen and oxygen atoms in total. The van der Waals surface area contributed by atoms with Gasteiger partial charge in [0.2, 0.25) is 5.91 Å². The van der Waals surface area contributed by atoms with Crippen molar-refractivity contribution in [2.75, 3.05) is 59.5 Å². The van der Waals surface area contributed by atoms with Crippen molar-refractivity contribution in [3.05, 3.63) is 30.1 Å². The Morgan fingerprint density at radius 3 is 2.48 bits per heavy atom. The fourth-order valence-corrected chi connectivity index (χ4v) is 5.79. The van der Waals surface area contributed by atoms with Gasteiger partial charge in [0.25, 0.3) is 5.91 Å². The molecule has 3 aliphatic heterocycles. The largest absolute Gasteiger partial charge is 0.383 e. The summed E-state index contributed by atoms with van der Waals surface area (Å²) in [4.78, 5) is 36.7. The van der Waals surface area contributed by atoms with Gasteiger partial charge in [0.1, 0.15) is 0 Å². The Morgan fingerprint density at radius 1 is 1.14 bits per heavy atom. The van der Waals surface area contributed by atoms with Gasteiger partial charge in [-0.15, -0.1) is 0 Å². The van der Waals surface area contributed by atoms with Gasteiger partial charge in [-0.3, -0.25) is 19.5 Å². The van der Waals surface area contributed by atoms with Crippen LogP contribution in [0.4, 0.5) is 0 Å². The Kier molecular flexibility index (Phi) is 5.62. The summed E-state index contributed by atoms with van der Waals surface area (Å²) in [7, 11) is 1.73. The highest BCUT2D eigenvalue weighted by Gasteiger charge is 2.64. The molecule has 1 aromatic rings. The lowest BCUT2D eigenvalue weighted by Crippen LogP contribution is -2.53. The molecule has 0 bridgehead atoms.